The summed E-state index contributed by atoms with van der Waals surface area (Å²) in [7, 11) is 0. The number of carbonyl (C=O) groups is 3. The van der Waals surface area contributed by atoms with Crippen molar-refractivity contribution >= 4 is 53.1 Å². The van der Waals surface area contributed by atoms with Crippen molar-refractivity contribution in [1.82, 2.24) is 25.2 Å². The molecule has 3 atom stereocenters. The molecular weight excluding hydrogens is 847 g/mol. The minimum absolute atomic E-state index is 0.139. The minimum Gasteiger partial charge on any atom is -0.448 e. The number of amides is 2. The molecule has 0 aliphatic carbocycles. The number of aromatic nitrogens is 3. The van der Waals surface area contributed by atoms with Crippen LogP contribution in [-0.2, 0) is 24.7 Å². The van der Waals surface area contributed by atoms with Gasteiger partial charge in [-0.15, -0.1) is 28.6 Å². The molecule has 2 N–H and O–H groups in total. The summed E-state index contributed by atoms with van der Waals surface area (Å²) >= 11 is 4.35. The van der Waals surface area contributed by atoms with Gasteiger partial charge in [-0.25, -0.2) is 9.48 Å². The summed E-state index contributed by atoms with van der Waals surface area (Å²) < 4.78 is 8.28. The Kier molecular flexibility index (Phi) is 12.6. The van der Waals surface area contributed by atoms with Crippen LogP contribution in [0.15, 0.2) is 204 Å². The molecule has 2 aliphatic heterocycles. The van der Waals surface area contributed by atoms with Crippen molar-refractivity contribution in [1.29, 1.82) is 0 Å². The fraction of sp³-hybridized carbons (Fsp3) is 0.140. The Hall–Kier alpha value is -6.38. The second-order valence-electron chi connectivity index (χ2n) is 14.8. The topological polar surface area (TPSA) is 127 Å². The molecule has 1 unspecified atom stereocenters. The van der Waals surface area contributed by atoms with E-state index in [0.29, 0.717) is 26.3 Å². The van der Waals surface area contributed by atoms with Gasteiger partial charge < -0.3 is 15.2 Å². The number of thioether (sulfide) groups is 3. The van der Waals surface area contributed by atoms with Crippen molar-refractivity contribution in [3.05, 3.63) is 232 Å². The highest BCUT2D eigenvalue weighted by Crippen LogP contribution is 2.46. The Labute approximate surface area is 377 Å². The number of nitrogens with one attached hydrogen (secondary N) is 1. The molecule has 1 fully saturated rings. The summed E-state index contributed by atoms with van der Waals surface area (Å²) in [6.07, 6.45) is -0.255. The van der Waals surface area contributed by atoms with E-state index >= 15 is 0 Å². The molecule has 10 nitrogen and oxygen atoms in total. The number of esters is 1. The Morgan fingerprint density at radius 3 is 1.70 bits per heavy atom. The van der Waals surface area contributed by atoms with Crippen molar-refractivity contribution in [2.24, 2.45) is 0 Å². The van der Waals surface area contributed by atoms with Gasteiger partial charge in [0.1, 0.15) is 27.7 Å². The summed E-state index contributed by atoms with van der Waals surface area (Å²) in [6, 6.07) is 57.3. The molecule has 1 saturated heterocycles. The predicted octanol–water partition coefficient (Wildman–Crippen LogP) is 8.58. The van der Waals surface area contributed by atoms with Crippen LogP contribution in [0.2, 0.25) is 0 Å². The highest BCUT2D eigenvalue weighted by Gasteiger charge is 2.55. The molecule has 7 aromatic rings. The van der Waals surface area contributed by atoms with E-state index in [0.717, 1.165) is 27.8 Å². The number of aliphatic hydroxyl groups excluding tert-OH is 1. The fourth-order valence-corrected chi connectivity index (χ4v) is 11.6. The van der Waals surface area contributed by atoms with Gasteiger partial charge in [-0.05, 0) is 33.4 Å². The van der Waals surface area contributed by atoms with Crippen LogP contribution in [0.25, 0.3) is 0 Å². The largest absolute Gasteiger partial charge is 0.448 e. The number of hydrogen-bond acceptors (Lipinski definition) is 10. The average molecular weight is 888 g/mol. The van der Waals surface area contributed by atoms with Crippen LogP contribution in [-0.4, -0.2) is 65.0 Å². The van der Waals surface area contributed by atoms with Crippen LogP contribution in [0.4, 0.5) is 0 Å². The number of fused-ring (bicyclic) bond motifs is 1. The maximum Gasteiger partial charge on any atom is 0.356 e. The van der Waals surface area contributed by atoms with Crippen LogP contribution >= 0.6 is 35.3 Å². The van der Waals surface area contributed by atoms with Crippen LogP contribution in [0.3, 0.4) is 0 Å². The second-order valence-corrected chi connectivity index (χ2v) is 18.3. The summed E-state index contributed by atoms with van der Waals surface area (Å²) in [5, 5.41) is 23.5. The van der Waals surface area contributed by atoms with E-state index in [2.05, 4.69) is 46.8 Å². The van der Waals surface area contributed by atoms with E-state index in [9.17, 15) is 19.5 Å². The lowest BCUT2D eigenvalue weighted by molar-refractivity contribution is -0.155. The molecule has 2 amide bonds. The first-order valence-electron chi connectivity index (χ1n) is 20.3. The normalized spacial score (nSPS) is 16.5. The lowest BCUT2D eigenvalue weighted by Gasteiger charge is -2.49. The first-order chi connectivity index (χ1) is 30.9. The number of β-lactam (4-membered cyclic amide) rings is 1. The Balaban J connectivity index is 1.01. The molecular formula is C50H41N5O5S3. The molecule has 314 valence electrons. The summed E-state index contributed by atoms with van der Waals surface area (Å²) in [6.45, 7) is 0. The third kappa shape index (κ3) is 8.44. The van der Waals surface area contributed by atoms with Gasteiger partial charge >= 0.3 is 5.97 Å². The van der Waals surface area contributed by atoms with Gasteiger partial charge in [0.25, 0.3) is 11.8 Å². The maximum absolute atomic E-state index is 14.6. The van der Waals surface area contributed by atoms with Crippen molar-refractivity contribution in [2.45, 2.75) is 34.2 Å². The zero-order valence-corrected chi connectivity index (χ0v) is 36.2. The van der Waals surface area contributed by atoms with Gasteiger partial charge in [0.15, 0.2) is 12.2 Å². The first kappa shape index (κ1) is 41.9. The summed E-state index contributed by atoms with van der Waals surface area (Å²) in [5.41, 5.74) is 4.34. The van der Waals surface area contributed by atoms with E-state index in [4.69, 9.17) is 9.95 Å². The highest BCUT2D eigenvalue weighted by molar-refractivity contribution is 8.18. The molecule has 0 spiro atoms. The minimum atomic E-state index is -1.46. The maximum atomic E-state index is 14.6. The quantitative estimate of drug-likeness (QED) is 0.0340. The Bertz CT molecular complexity index is 2570. The zero-order chi connectivity index (χ0) is 43.2. The molecule has 2 aliphatic rings. The van der Waals surface area contributed by atoms with Crippen molar-refractivity contribution in [3.8, 4) is 0 Å². The van der Waals surface area contributed by atoms with E-state index < -0.39 is 46.9 Å². The van der Waals surface area contributed by atoms with Crippen molar-refractivity contribution in [2.75, 3.05) is 10.8 Å². The van der Waals surface area contributed by atoms with Crippen molar-refractivity contribution < 1.29 is 24.2 Å². The summed E-state index contributed by atoms with van der Waals surface area (Å²) in [4.78, 5) is 44.0. The van der Waals surface area contributed by atoms with Crippen molar-refractivity contribution in [3.63, 3.8) is 0 Å². The molecule has 9 rings (SSSR count). The standard InChI is InChI=1S/C50H41N5O5S3/c56-44(34-19-7-1-8-20-34)46(57)51-42-47(58)55-43(49(59)60-45(35-21-9-2-10-22-35)36-23-11-3-12-24-36)40(32-61-48(42)55)62-33-63-41-31-54(53-52-41)50(37-25-13-4-14-26-37,38-27-15-5-16-28-38)39-29-17-6-18-30-39/h1-31,42,44-45,48,56H,32-33H2,(H,51,57)/t42-,44?,48-/m1/s1. The van der Waals surface area contributed by atoms with Gasteiger partial charge in [0.2, 0.25) is 0 Å². The third-order valence-electron chi connectivity index (χ3n) is 11.0. The monoisotopic (exact) mass is 887 g/mol. The number of hydrogen-bond donors (Lipinski definition) is 2. The van der Waals surface area contributed by atoms with Crippen LogP contribution < -0.4 is 5.32 Å². The SMILES string of the molecule is O=C(OC(c1ccccc1)c1ccccc1)C1=C(SCSc2cn(C(c3ccccc3)(c3ccccc3)c3ccccc3)nn2)CS[C@@H]2[C@H](NC(=O)C(O)c3ccccc3)C(=O)N12. The molecule has 1 aromatic heterocycles. The Morgan fingerprint density at radius 1 is 0.714 bits per heavy atom. The van der Waals surface area contributed by atoms with E-state index in [1.807, 2.05) is 126 Å². The number of carbonyl (C=O) groups excluding carboxylic acids is 3. The smallest absolute Gasteiger partial charge is 0.356 e. The lowest BCUT2D eigenvalue weighted by atomic mass is 9.77. The number of nitrogens with zero attached hydrogens (tertiary/aromatic N) is 4. The van der Waals surface area contributed by atoms with Gasteiger partial charge in [-0.1, -0.05) is 199 Å². The van der Waals surface area contributed by atoms with E-state index in [1.165, 1.54) is 40.2 Å². The predicted molar refractivity (Wildman–Crippen MR) is 247 cm³/mol. The molecule has 63 heavy (non-hydrogen) atoms. The Morgan fingerprint density at radius 2 is 1.19 bits per heavy atom. The molecule has 0 saturated carbocycles. The summed E-state index contributed by atoms with van der Waals surface area (Å²) in [5.74, 6) is -1.43. The van der Waals surface area contributed by atoms with Gasteiger partial charge in [-0.2, -0.15) is 0 Å². The third-order valence-corrected chi connectivity index (χ3v) is 14.6. The molecule has 6 aromatic carbocycles. The van der Waals surface area contributed by atoms with E-state index in [-0.39, 0.29) is 5.70 Å². The fourth-order valence-electron chi connectivity index (χ4n) is 8.03. The second kappa shape index (κ2) is 18.9. The number of benzene rings is 6. The van der Waals surface area contributed by atoms with Crippen LogP contribution in [0.5, 0.6) is 0 Å². The molecule has 3 heterocycles. The zero-order valence-electron chi connectivity index (χ0n) is 33.7. The number of rotatable bonds is 15. The highest BCUT2D eigenvalue weighted by atomic mass is 32.2. The van der Waals surface area contributed by atoms with Crippen LogP contribution in [0, 0.1) is 0 Å². The molecule has 0 radical (unpaired) electrons. The average Bonchev–Trinajstić information content (AvgIpc) is 3.82. The van der Waals surface area contributed by atoms with Gasteiger partial charge in [0, 0.05) is 10.7 Å². The number of ether oxygens (including phenoxy) is 1. The van der Waals surface area contributed by atoms with Crippen LogP contribution in [0.1, 0.15) is 45.6 Å². The van der Waals surface area contributed by atoms with Gasteiger partial charge in [-0.3, -0.25) is 14.5 Å². The van der Waals surface area contributed by atoms with E-state index in [1.54, 1.807) is 30.3 Å². The molecule has 13 heteroatoms. The lowest BCUT2D eigenvalue weighted by Crippen LogP contribution is -2.70. The molecule has 0 bridgehead atoms. The first-order valence-corrected chi connectivity index (χ1v) is 23.3. The van der Waals surface area contributed by atoms with Gasteiger partial charge in [0.05, 0.1) is 11.3 Å². The number of aliphatic hydroxyl groups is 1.